The minimum Gasteiger partial charge on any atom is -0.462 e. The topological polar surface area (TPSA) is 26.3 Å². The van der Waals surface area contributed by atoms with E-state index in [1.165, 1.54) is 6.92 Å². The van der Waals surface area contributed by atoms with Crippen molar-refractivity contribution in [3.63, 3.8) is 0 Å². The van der Waals surface area contributed by atoms with Crippen molar-refractivity contribution in [3.05, 3.63) is 37.0 Å². The predicted octanol–water partition coefficient (Wildman–Crippen LogP) is 3.02. The first-order valence-electron chi connectivity index (χ1n) is 4.83. The van der Waals surface area contributed by atoms with Gasteiger partial charge in [0, 0.05) is 6.92 Å². The molecule has 0 saturated carbocycles. The average molecular weight is 194 g/mol. The Kier molecular flexibility index (Phi) is 8.86. The molecule has 78 valence electrons. The molecule has 0 radical (unpaired) electrons. The third-order valence-corrected chi connectivity index (χ3v) is 1.56. The summed E-state index contributed by atoms with van der Waals surface area (Å²) in [6.07, 6.45) is 12.9. The maximum atomic E-state index is 10.4. The van der Waals surface area contributed by atoms with Gasteiger partial charge < -0.3 is 4.74 Å². The Morgan fingerprint density at radius 1 is 1.29 bits per heavy atom. The number of unbranched alkanes of at least 4 members (excludes halogenated alkanes) is 2. The third kappa shape index (κ3) is 10.7. The van der Waals surface area contributed by atoms with Crippen LogP contribution in [-0.2, 0) is 9.53 Å². The molecule has 0 aromatic heterocycles. The summed E-state index contributed by atoms with van der Waals surface area (Å²) in [5, 5.41) is 0. The van der Waals surface area contributed by atoms with Gasteiger partial charge in [-0.1, -0.05) is 37.0 Å². The summed E-state index contributed by atoms with van der Waals surface area (Å²) >= 11 is 0. The number of hydrogen-bond acceptors (Lipinski definition) is 2. The van der Waals surface area contributed by atoms with E-state index in [2.05, 4.69) is 12.7 Å². The Labute approximate surface area is 86.0 Å². The summed E-state index contributed by atoms with van der Waals surface area (Å²) in [6.45, 7) is 5.38. The highest BCUT2D eigenvalue weighted by molar-refractivity contribution is 5.65. The number of carbonyl (C=O) groups is 1. The standard InChI is InChI=1S/C12H18O2/c1-3-4-5-6-7-8-9-10-11-14-12(2)13/h3-5,9-10H,1,6-8,11H2,2H3/b5-4-,10-9+. The van der Waals surface area contributed by atoms with Crippen molar-refractivity contribution in [1.29, 1.82) is 0 Å². The van der Waals surface area contributed by atoms with Crippen molar-refractivity contribution in [1.82, 2.24) is 0 Å². The van der Waals surface area contributed by atoms with Crippen LogP contribution < -0.4 is 0 Å². The average Bonchev–Trinajstić information content (AvgIpc) is 2.15. The normalized spacial score (nSPS) is 10.9. The highest BCUT2D eigenvalue weighted by Crippen LogP contribution is 1.97. The van der Waals surface area contributed by atoms with Crippen molar-refractivity contribution in [3.8, 4) is 0 Å². The molecule has 0 spiro atoms. The van der Waals surface area contributed by atoms with Gasteiger partial charge in [0.1, 0.15) is 6.61 Å². The number of hydrogen-bond donors (Lipinski definition) is 0. The summed E-state index contributed by atoms with van der Waals surface area (Å²) in [4.78, 5) is 10.4. The van der Waals surface area contributed by atoms with Crippen molar-refractivity contribution >= 4 is 5.97 Å². The maximum Gasteiger partial charge on any atom is 0.302 e. The van der Waals surface area contributed by atoms with E-state index in [9.17, 15) is 4.79 Å². The van der Waals surface area contributed by atoms with Crippen LogP contribution in [0.1, 0.15) is 26.2 Å². The number of allylic oxidation sites excluding steroid dienone is 4. The highest BCUT2D eigenvalue weighted by Gasteiger charge is 1.86. The summed E-state index contributed by atoms with van der Waals surface area (Å²) < 4.78 is 4.73. The molecule has 14 heavy (non-hydrogen) atoms. The fraction of sp³-hybridized carbons (Fsp3) is 0.417. The van der Waals surface area contributed by atoms with E-state index < -0.39 is 0 Å². The SMILES string of the molecule is C=C/C=C\CCC/C=C/COC(C)=O. The molecule has 0 aliphatic heterocycles. The predicted molar refractivity (Wildman–Crippen MR) is 59.0 cm³/mol. The zero-order valence-electron chi connectivity index (χ0n) is 8.74. The van der Waals surface area contributed by atoms with Gasteiger partial charge in [-0.3, -0.25) is 4.79 Å². The molecule has 0 aliphatic rings. The van der Waals surface area contributed by atoms with Crippen molar-refractivity contribution < 1.29 is 9.53 Å². The minimum absolute atomic E-state index is 0.233. The zero-order valence-corrected chi connectivity index (χ0v) is 8.74. The first-order chi connectivity index (χ1) is 6.77. The molecule has 0 atom stereocenters. The second-order valence-electron chi connectivity index (χ2n) is 2.87. The van der Waals surface area contributed by atoms with Crippen LogP contribution in [0, 0.1) is 0 Å². The highest BCUT2D eigenvalue weighted by atomic mass is 16.5. The van der Waals surface area contributed by atoms with Gasteiger partial charge in [-0.2, -0.15) is 0 Å². The number of rotatable bonds is 7. The van der Waals surface area contributed by atoms with E-state index in [4.69, 9.17) is 4.74 Å². The van der Waals surface area contributed by atoms with Gasteiger partial charge >= 0.3 is 5.97 Å². The second kappa shape index (κ2) is 9.78. The van der Waals surface area contributed by atoms with Gasteiger partial charge in [0.15, 0.2) is 0 Å². The monoisotopic (exact) mass is 194 g/mol. The lowest BCUT2D eigenvalue weighted by Gasteiger charge is -1.94. The van der Waals surface area contributed by atoms with E-state index >= 15 is 0 Å². The van der Waals surface area contributed by atoms with E-state index in [0.717, 1.165) is 19.3 Å². The quantitative estimate of drug-likeness (QED) is 0.269. The Morgan fingerprint density at radius 2 is 2.00 bits per heavy atom. The Morgan fingerprint density at radius 3 is 2.64 bits per heavy atom. The molecule has 0 N–H and O–H groups in total. The lowest BCUT2D eigenvalue weighted by molar-refractivity contribution is -0.139. The molecule has 0 rings (SSSR count). The second-order valence-corrected chi connectivity index (χ2v) is 2.87. The van der Waals surface area contributed by atoms with Crippen LogP contribution in [0.5, 0.6) is 0 Å². The van der Waals surface area contributed by atoms with Gasteiger partial charge in [0.05, 0.1) is 0 Å². The molecular formula is C12H18O2. The molecule has 0 heterocycles. The smallest absolute Gasteiger partial charge is 0.302 e. The molecule has 0 bridgehead atoms. The number of carbonyl (C=O) groups excluding carboxylic acids is 1. The van der Waals surface area contributed by atoms with Crippen LogP contribution in [0.2, 0.25) is 0 Å². The van der Waals surface area contributed by atoms with Gasteiger partial charge in [-0.25, -0.2) is 0 Å². The van der Waals surface area contributed by atoms with E-state index in [1.54, 1.807) is 6.08 Å². The van der Waals surface area contributed by atoms with Crippen LogP contribution in [0.25, 0.3) is 0 Å². The third-order valence-electron chi connectivity index (χ3n) is 1.56. The minimum atomic E-state index is -0.233. The first-order valence-corrected chi connectivity index (χ1v) is 4.83. The van der Waals surface area contributed by atoms with Gasteiger partial charge in [0.25, 0.3) is 0 Å². The fourth-order valence-corrected chi connectivity index (χ4v) is 0.897. The molecule has 0 saturated heterocycles. The van der Waals surface area contributed by atoms with Crippen LogP contribution in [-0.4, -0.2) is 12.6 Å². The number of esters is 1. The Bertz CT molecular complexity index is 214. The molecule has 2 nitrogen and oxygen atoms in total. The molecule has 0 fully saturated rings. The molecular weight excluding hydrogens is 176 g/mol. The van der Waals surface area contributed by atoms with Gasteiger partial charge in [-0.15, -0.1) is 0 Å². The van der Waals surface area contributed by atoms with Crippen molar-refractivity contribution in [2.24, 2.45) is 0 Å². The Balaban J connectivity index is 3.22. The molecule has 2 heteroatoms. The van der Waals surface area contributed by atoms with E-state index in [0.29, 0.717) is 6.61 Å². The fourth-order valence-electron chi connectivity index (χ4n) is 0.897. The van der Waals surface area contributed by atoms with Gasteiger partial charge in [-0.05, 0) is 19.3 Å². The summed E-state index contributed by atoms with van der Waals surface area (Å²) in [5.41, 5.74) is 0. The maximum absolute atomic E-state index is 10.4. The first kappa shape index (κ1) is 12.7. The molecule has 0 aromatic carbocycles. The molecule has 0 unspecified atom stereocenters. The van der Waals surface area contributed by atoms with Crippen molar-refractivity contribution in [2.75, 3.05) is 6.61 Å². The lowest BCUT2D eigenvalue weighted by atomic mass is 10.2. The zero-order chi connectivity index (χ0) is 10.6. The molecule has 0 aliphatic carbocycles. The van der Waals surface area contributed by atoms with Gasteiger partial charge in [0.2, 0.25) is 0 Å². The van der Waals surface area contributed by atoms with Crippen molar-refractivity contribution in [2.45, 2.75) is 26.2 Å². The summed E-state index contributed by atoms with van der Waals surface area (Å²) in [6, 6.07) is 0. The largest absolute Gasteiger partial charge is 0.462 e. The van der Waals surface area contributed by atoms with E-state index in [-0.39, 0.29) is 5.97 Å². The lowest BCUT2D eigenvalue weighted by Crippen LogP contribution is -1.97. The Hall–Kier alpha value is -1.31. The van der Waals surface area contributed by atoms with E-state index in [1.807, 2.05) is 18.2 Å². The molecule has 0 amide bonds. The van der Waals surface area contributed by atoms with Crippen LogP contribution in [0.4, 0.5) is 0 Å². The van der Waals surface area contributed by atoms with Crippen LogP contribution in [0.15, 0.2) is 37.0 Å². The summed E-state index contributed by atoms with van der Waals surface area (Å²) in [5.74, 6) is -0.233. The number of ether oxygens (including phenoxy) is 1. The molecule has 0 aromatic rings. The van der Waals surface area contributed by atoms with Crippen LogP contribution >= 0.6 is 0 Å². The van der Waals surface area contributed by atoms with Crippen LogP contribution in [0.3, 0.4) is 0 Å². The summed E-state index contributed by atoms with van der Waals surface area (Å²) in [7, 11) is 0.